The third-order valence-electron chi connectivity index (χ3n) is 7.78. The highest BCUT2D eigenvalue weighted by Crippen LogP contribution is 2.44. The van der Waals surface area contributed by atoms with Gasteiger partial charge in [-0.25, -0.2) is 0 Å². The first-order chi connectivity index (χ1) is 19.0. The quantitative estimate of drug-likeness (QED) is 0.365. The monoisotopic (exact) mass is 544 g/mol. The number of carbonyl (C=O) groups excluding carboxylic acids is 2. The Morgan fingerprint density at radius 1 is 0.949 bits per heavy atom. The molecular formula is C32H40N4O2S. The number of benzene rings is 2. The fourth-order valence-corrected chi connectivity index (χ4v) is 6.76. The molecule has 0 unspecified atom stereocenters. The third-order valence-corrected chi connectivity index (χ3v) is 8.72. The van der Waals surface area contributed by atoms with E-state index >= 15 is 0 Å². The van der Waals surface area contributed by atoms with Crippen molar-refractivity contribution in [2.24, 2.45) is 5.92 Å². The van der Waals surface area contributed by atoms with Crippen LogP contribution in [0.25, 0.3) is 0 Å². The van der Waals surface area contributed by atoms with Crippen molar-refractivity contribution in [3.63, 3.8) is 0 Å². The molecule has 3 heterocycles. The Kier molecular flexibility index (Phi) is 9.12. The van der Waals surface area contributed by atoms with Crippen LogP contribution in [0, 0.1) is 5.92 Å². The number of nitrogens with zero attached hydrogens (tertiary/aromatic N) is 3. The first kappa shape index (κ1) is 27.6. The number of rotatable bonds is 10. The van der Waals surface area contributed by atoms with Crippen LogP contribution in [0.1, 0.15) is 58.6 Å². The van der Waals surface area contributed by atoms with E-state index in [0.29, 0.717) is 24.6 Å². The van der Waals surface area contributed by atoms with Crippen molar-refractivity contribution >= 4 is 23.2 Å². The average molecular weight is 545 g/mol. The van der Waals surface area contributed by atoms with Crippen molar-refractivity contribution in [1.29, 1.82) is 0 Å². The van der Waals surface area contributed by atoms with E-state index in [1.807, 2.05) is 40.6 Å². The number of hydrogen-bond acceptors (Lipinski definition) is 5. The van der Waals surface area contributed by atoms with Gasteiger partial charge >= 0.3 is 0 Å². The number of hydrogen-bond donors (Lipinski definition) is 1. The lowest BCUT2D eigenvalue weighted by Gasteiger charge is -2.42. The largest absolute Gasteiger partial charge is 0.355 e. The van der Waals surface area contributed by atoms with Gasteiger partial charge in [0.15, 0.2) is 0 Å². The van der Waals surface area contributed by atoms with Crippen LogP contribution in [0.15, 0.2) is 72.1 Å². The highest BCUT2D eigenvalue weighted by Gasteiger charge is 2.44. The molecule has 1 saturated heterocycles. The Morgan fingerprint density at radius 3 is 2.38 bits per heavy atom. The van der Waals surface area contributed by atoms with Gasteiger partial charge in [-0.15, -0.1) is 11.3 Å². The van der Waals surface area contributed by atoms with E-state index in [0.717, 1.165) is 56.1 Å². The van der Waals surface area contributed by atoms with Crippen molar-refractivity contribution in [1.82, 2.24) is 20.0 Å². The molecule has 2 aromatic carbocycles. The zero-order chi connectivity index (χ0) is 27.2. The number of piperazine rings is 1. The second-order valence-electron chi connectivity index (χ2n) is 11.1. The predicted molar refractivity (Wildman–Crippen MR) is 158 cm³/mol. The Morgan fingerprint density at radius 2 is 1.67 bits per heavy atom. The van der Waals surface area contributed by atoms with Crippen LogP contribution in [0.2, 0.25) is 0 Å². The van der Waals surface area contributed by atoms with E-state index in [2.05, 4.69) is 65.4 Å². The first-order valence-corrected chi connectivity index (χ1v) is 15.1. The molecule has 2 aliphatic heterocycles. The minimum atomic E-state index is -0.419. The molecule has 0 radical (unpaired) electrons. The van der Waals surface area contributed by atoms with Crippen LogP contribution in [0.5, 0.6) is 0 Å². The molecule has 0 bridgehead atoms. The van der Waals surface area contributed by atoms with Crippen LogP contribution in [-0.4, -0.2) is 72.3 Å². The molecule has 0 aliphatic carbocycles. The first-order valence-electron chi connectivity index (χ1n) is 14.2. The predicted octanol–water partition coefficient (Wildman–Crippen LogP) is 5.01. The van der Waals surface area contributed by atoms with Crippen LogP contribution >= 0.6 is 11.3 Å². The maximum atomic E-state index is 13.8. The topological polar surface area (TPSA) is 55.9 Å². The lowest BCUT2D eigenvalue weighted by Crippen LogP contribution is -2.49. The smallest absolute Gasteiger partial charge is 0.254 e. The van der Waals surface area contributed by atoms with Crippen LogP contribution in [-0.2, 0) is 11.3 Å². The highest BCUT2D eigenvalue weighted by molar-refractivity contribution is 7.10. The summed E-state index contributed by atoms with van der Waals surface area (Å²) >= 11 is 1.62. The fraction of sp³-hybridized carbons (Fsp3) is 0.438. The van der Waals surface area contributed by atoms with Gasteiger partial charge in [-0.2, -0.15) is 0 Å². The third kappa shape index (κ3) is 6.60. The molecular weight excluding hydrogens is 504 g/mol. The van der Waals surface area contributed by atoms with Crippen molar-refractivity contribution in [3.05, 3.63) is 93.7 Å². The van der Waals surface area contributed by atoms with Crippen molar-refractivity contribution in [2.75, 3.05) is 45.8 Å². The van der Waals surface area contributed by atoms with Crippen LogP contribution < -0.4 is 5.32 Å². The number of carbonyl (C=O) groups is 2. The highest BCUT2D eigenvalue weighted by atomic mass is 32.1. The van der Waals surface area contributed by atoms with E-state index in [-0.39, 0.29) is 17.9 Å². The molecule has 7 heteroatoms. The molecule has 3 aromatic rings. The summed E-state index contributed by atoms with van der Waals surface area (Å²) in [6, 6.07) is 22.1. The summed E-state index contributed by atoms with van der Waals surface area (Å²) in [5.41, 5.74) is 2.86. The van der Waals surface area contributed by atoms with E-state index in [4.69, 9.17) is 0 Å². The lowest BCUT2D eigenvalue weighted by molar-refractivity contribution is -0.124. The Balaban J connectivity index is 1.19. The second-order valence-corrected chi connectivity index (χ2v) is 12.1. The van der Waals surface area contributed by atoms with E-state index in [1.54, 1.807) is 11.3 Å². The molecule has 5 rings (SSSR count). The lowest BCUT2D eigenvalue weighted by atomic mass is 9.81. The molecule has 1 aromatic heterocycles. The summed E-state index contributed by atoms with van der Waals surface area (Å²) in [6.07, 6.45) is 0.914. The second kappa shape index (κ2) is 12.9. The van der Waals surface area contributed by atoms with Gasteiger partial charge in [0, 0.05) is 56.3 Å². The number of nitrogens with one attached hydrogen (secondary N) is 1. The number of amides is 2. The summed E-state index contributed by atoms with van der Waals surface area (Å²) in [5, 5.41) is 5.28. The molecule has 1 N–H and O–H groups in total. The Bertz CT molecular complexity index is 1220. The minimum absolute atomic E-state index is 0.00906. The summed E-state index contributed by atoms with van der Waals surface area (Å²) < 4.78 is 0. The molecule has 206 valence electrons. The van der Waals surface area contributed by atoms with Gasteiger partial charge in [0.25, 0.3) is 5.91 Å². The van der Waals surface area contributed by atoms with Crippen molar-refractivity contribution in [3.8, 4) is 0 Å². The molecule has 6 nitrogen and oxygen atoms in total. The van der Waals surface area contributed by atoms with Gasteiger partial charge < -0.3 is 15.1 Å². The molecule has 2 amide bonds. The molecule has 0 saturated carbocycles. The Hall–Kier alpha value is -3.00. The van der Waals surface area contributed by atoms with Crippen LogP contribution in [0.3, 0.4) is 0 Å². The molecule has 1 fully saturated rings. The normalized spacial score (nSPS) is 20.3. The number of thiophene rings is 1. The van der Waals surface area contributed by atoms with Gasteiger partial charge in [0.05, 0.1) is 12.0 Å². The zero-order valence-electron chi connectivity index (χ0n) is 23.1. The standard InChI is InChI=1S/C32H40N4O2S/c1-24(2)22-36-30(28-14-8-21-39-28)29(26-12-6-7-13-27(26)32(36)38)31(37)33-15-9-16-34-17-19-35(20-18-34)23-25-10-4-3-5-11-25/h3-8,10-14,21,24,29-30H,9,15-20,22-23H2,1-2H3,(H,33,37)/t29-,30+/m0/s1. The van der Waals surface area contributed by atoms with Gasteiger partial charge in [0.1, 0.15) is 0 Å². The molecule has 2 aliphatic rings. The molecule has 2 atom stereocenters. The van der Waals surface area contributed by atoms with E-state index < -0.39 is 5.92 Å². The summed E-state index contributed by atoms with van der Waals surface area (Å²) in [4.78, 5) is 35.4. The van der Waals surface area contributed by atoms with E-state index in [1.165, 1.54) is 5.56 Å². The molecule has 0 spiro atoms. The maximum Gasteiger partial charge on any atom is 0.254 e. The van der Waals surface area contributed by atoms with Gasteiger partial charge in [-0.05, 0) is 47.5 Å². The van der Waals surface area contributed by atoms with Crippen molar-refractivity contribution in [2.45, 2.75) is 38.8 Å². The SMILES string of the molecule is CC(C)CN1C(=O)c2ccccc2[C@H](C(=O)NCCCN2CCN(Cc3ccccc3)CC2)[C@H]1c1cccs1. The van der Waals surface area contributed by atoms with Gasteiger partial charge in [-0.3, -0.25) is 14.5 Å². The molecule has 39 heavy (non-hydrogen) atoms. The summed E-state index contributed by atoms with van der Waals surface area (Å²) in [7, 11) is 0. The average Bonchev–Trinajstić information content (AvgIpc) is 3.48. The Labute approximate surface area is 236 Å². The fourth-order valence-electron chi connectivity index (χ4n) is 5.88. The van der Waals surface area contributed by atoms with E-state index in [9.17, 15) is 9.59 Å². The van der Waals surface area contributed by atoms with Gasteiger partial charge in [0.2, 0.25) is 5.91 Å². The number of fused-ring (bicyclic) bond motifs is 1. The summed E-state index contributed by atoms with van der Waals surface area (Å²) in [6.45, 7) is 11.7. The van der Waals surface area contributed by atoms with Gasteiger partial charge in [-0.1, -0.05) is 68.4 Å². The summed E-state index contributed by atoms with van der Waals surface area (Å²) in [5.74, 6) is -0.0840. The van der Waals surface area contributed by atoms with Crippen LogP contribution in [0.4, 0.5) is 0 Å². The maximum absolute atomic E-state index is 13.8. The zero-order valence-corrected chi connectivity index (χ0v) is 23.9. The minimum Gasteiger partial charge on any atom is -0.355 e. The van der Waals surface area contributed by atoms with Crippen molar-refractivity contribution < 1.29 is 9.59 Å².